The van der Waals surface area contributed by atoms with E-state index in [-0.39, 0.29) is 24.4 Å². The predicted molar refractivity (Wildman–Crippen MR) is 77.0 cm³/mol. The molecule has 0 saturated carbocycles. The van der Waals surface area contributed by atoms with Crippen LogP contribution in [0.25, 0.3) is 0 Å². The number of aryl methyl sites for hydroxylation is 1. The van der Waals surface area contributed by atoms with Crippen molar-refractivity contribution >= 4 is 23.5 Å². The summed E-state index contributed by atoms with van der Waals surface area (Å²) in [5, 5.41) is 15.7. The highest BCUT2D eigenvalue weighted by Crippen LogP contribution is 1.92. The van der Waals surface area contributed by atoms with E-state index < -0.39 is 11.9 Å². The molecular formula is C15H20O6. The van der Waals surface area contributed by atoms with Gasteiger partial charge in [-0.2, -0.15) is 0 Å². The van der Waals surface area contributed by atoms with Crippen molar-refractivity contribution in [2.75, 3.05) is 0 Å². The fraction of sp³-hybridized carbons (Fsp3) is 0.333. The summed E-state index contributed by atoms with van der Waals surface area (Å²) in [6.45, 7) is 4.57. The maximum absolute atomic E-state index is 9.87. The Morgan fingerprint density at radius 2 is 1.14 bits per heavy atom. The van der Waals surface area contributed by atoms with E-state index in [2.05, 4.69) is 19.1 Å². The summed E-state index contributed by atoms with van der Waals surface area (Å²) < 4.78 is 0. The van der Waals surface area contributed by atoms with Crippen molar-refractivity contribution < 1.29 is 29.4 Å². The summed E-state index contributed by atoms with van der Waals surface area (Å²) in [6.07, 6.45) is -0.722. The normalized spacial score (nSPS) is 8.33. The number of carboxylic acid groups (broad SMARTS) is 2. The van der Waals surface area contributed by atoms with Gasteiger partial charge < -0.3 is 10.2 Å². The van der Waals surface area contributed by atoms with Gasteiger partial charge in [-0.05, 0) is 20.8 Å². The number of carboxylic acids is 2. The van der Waals surface area contributed by atoms with Crippen LogP contribution in [0.3, 0.4) is 0 Å². The largest absolute Gasteiger partial charge is 0.481 e. The monoisotopic (exact) mass is 296 g/mol. The van der Waals surface area contributed by atoms with Gasteiger partial charge in [-0.25, -0.2) is 0 Å². The Labute approximate surface area is 123 Å². The first kappa shape index (κ1) is 20.8. The number of ketones is 2. The molecule has 6 nitrogen and oxygen atoms in total. The average molecular weight is 296 g/mol. The van der Waals surface area contributed by atoms with E-state index in [1.54, 1.807) is 0 Å². The van der Waals surface area contributed by atoms with E-state index in [1.807, 2.05) is 18.2 Å². The van der Waals surface area contributed by atoms with Crippen LogP contribution in [0.4, 0.5) is 0 Å². The Morgan fingerprint density at radius 1 is 0.810 bits per heavy atom. The number of aliphatic carboxylic acids is 2. The summed E-state index contributed by atoms with van der Waals surface area (Å²) in [5.41, 5.74) is 1.32. The average Bonchev–Trinajstić information content (AvgIpc) is 2.27. The van der Waals surface area contributed by atoms with Crippen LogP contribution in [0, 0.1) is 6.92 Å². The third-order valence-electron chi connectivity index (χ3n) is 1.74. The minimum atomic E-state index is -1.06. The van der Waals surface area contributed by atoms with Gasteiger partial charge in [0.15, 0.2) is 0 Å². The summed E-state index contributed by atoms with van der Waals surface area (Å²) >= 11 is 0. The van der Waals surface area contributed by atoms with Crippen LogP contribution in [0.1, 0.15) is 32.3 Å². The maximum atomic E-state index is 9.87. The molecule has 0 aromatic heterocycles. The molecule has 0 saturated heterocycles. The van der Waals surface area contributed by atoms with Gasteiger partial charge in [-0.1, -0.05) is 35.9 Å². The van der Waals surface area contributed by atoms with E-state index in [1.165, 1.54) is 19.4 Å². The van der Waals surface area contributed by atoms with E-state index in [9.17, 15) is 19.2 Å². The van der Waals surface area contributed by atoms with Crippen LogP contribution >= 0.6 is 0 Å². The zero-order valence-electron chi connectivity index (χ0n) is 12.3. The topological polar surface area (TPSA) is 109 Å². The molecule has 0 aliphatic rings. The molecule has 0 aliphatic heterocycles. The van der Waals surface area contributed by atoms with Gasteiger partial charge in [0.05, 0.1) is 0 Å². The molecule has 1 aromatic carbocycles. The fourth-order valence-corrected chi connectivity index (χ4v) is 0.960. The number of hydrogen-bond acceptors (Lipinski definition) is 4. The Balaban J connectivity index is 0. The number of carbonyl (C=O) groups excluding carboxylic acids is 2. The zero-order valence-corrected chi connectivity index (χ0v) is 12.3. The van der Waals surface area contributed by atoms with Crippen LogP contribution in [0.15, 0.2) is 30.3 Å². The predicted octanol–water partition coefficient (Wildman–Crippen LogP) is 2.10. The van der Waals surface area contributed by atoms with Crippen molar-refractivity contribution in [1.82, 2.24) is 0 Å². The lowest BCUT2D eigenvalue weighted by atomic mass is 10.2. The summed E-state index contributed by atoms with van der Waals surface area (Å²) in [6, 6.07) is 10.3. The van der Waals surface area contributed by atoms with E-state index in [0.29, 0.717) is 0 Å². The van der Waals surface area contributed by atoms with Crippen molar-refractivity contribution in [1.29, 1.82) is 0 Å². The van der Waals surface area contributed by atoms with Crippen molar-refractivity contribution in [3.63, 3.8) is 0 Å². The summed E-state index contributed by atoms with van der Waals surface area (Å²) in [7, 11) is 0. The smallest absolute Gasteiger partial charge is 0.310 e. The Morgan fingerprint density at radius 3 is 1.24 bits per heavy atom. The summed E-state index contributed by atoms with van der Waals surface area (Å²) in [4.78, 5) is 38.9. The van der Waals surface area contributed by atoms with E-state index in [0.717, 1.165) is 0 Å². The summed E-state index contributed by atoms with van der Waals surface area (Å²) in [5.74, 6) is -2.75. The quantitative estimate of drug-likeness (QED) is 0.823. The van der Waals surface area contributed by atoms with E-state index in [4.69, 9.17) is 10.2 Å². The molecule has 0 spiro atoms. The zero-order chi connectivity index (χ0) is 16.8. The second-order valence-corrected chi connectivity index (χ2v) is 4.20. The second-order valence-electron chi connectivity index (χ2n) is 4.20. The number of Topliss-reactive ketones (excluding diaryl/α,β-unsaturated/α-hetero) is 2. The first-order valence-corrected chi connectivity index (χ1v) is 6.09. The molecule has 0 heterocycles. The SMILES string of the molecule is CC(=O)CC(=O)O.CC(=O)CC(=O)O.Cc1ccccc1. The van der Waals surface area contributed by atoms with Crippen molar-refractivity contribution in [2.45, 2.75) is 33.6 Å². The van der Waals surface area contributed by atoms with Gasteiger partial charge in [-0.15, -0.1) is 0 Å². The molecular weight excluding hydrogens is 276 g/mol. The molecule has 0 fully saturated rings. The van der Waals surface area contributed by atoms with Crippen LogP contribution in [0.5, 0.6) is 0 Å². The lowest BCUT2D eigenvalue weighted by molar-refractivity contribution is -0.141. The molecule has 0 aliphatic carbocycles. The molecule has 0 radical (unpaired) electrons. The molecule has 0 bridgehead atoms. The van der Waals surface area contributed by atoms with Crippen molar-refractivity contribution in [2.24, 2.45) is 0 Å². The molecule has 0 unspecified atom stereocenters. The van der Waals surface area contributed by atoms with Crippen molar-refractivity contribution in [3.05, 3.63) is 35.9 Å². The fourth-order valence-electron chi connectivity index (χ4n) is 0.960. The highest BCUT2D eigenvalue weighted by molar-refractivity contribution is 5.93. The molecule has 21 heavy (non-hydrogen) atoms. The Hall–Kier alpha value is -2.50. The van der Waals surface area contributed by atoms with Gasteiger partial charge >= 0.3 is 11.9 Å². The van der Waals surface area contributed by atoms with Crippen molar-refractivity contribution in [3.8, 4) is 0 Å². The van der Waals surface area contributed by atoms with Gasteiger partial charge in [0, 0.05) is 0 Å². The Bertz CT molecular complexity index is 414. The van der Waals surface area contributed by atoms with Gasteiger partial charge in [0.2, 0.25) is 0 Å². The minimum absolute atomic E-state index is 0.312. The van der Waals surface area contributed by atoms with Gasteiger partial charge in [0.25, 0.3) is 0 Å². The van der Waals surface area contributed by atoms with Crippen LogP contribution in [0.2, 0.25) is 0 Å². The lowest BCUT2D eigenvalue weighted by Gasteiger charge is -1.82. The number of carbonyl (C=O) groups is 4. The van der Waals surface area contributed by atoms with Crippen LogP contribution < -0.4 is 0 Å². The molecule has 6 heteroatoms. The number of benzene rings is 1. The van der Waals surface area contributed by atoms with Gasteiger partial charge in [-0.3, -0.25) is 19.2 Å². The molecule has 2 N–H and O–H groups in total. The van der Waals surface area contributed by atoms with E-state index >= 15 is 0 Å². The third-order valence-corrected chi connectivity index (χ3v) is 1.74. The van der Waals surface area contributed by atoms with Gasteiger partial charge in [0.1, 0.15) is 24.4 Å². The highest BCUT2D eigenvalue weighted by atomic mass is 16.4. The first-order chi connectivity index (χ1) is 9.65. The molecule has 0 amide bonds. The number of rotatable bonds is 4. The molecule has 1 rings (SSSR count). The minimum Gasteiger partial charge on any atom is -0.481 e. The maximum Gasteiger partial charge on any atom is 0.310 e. The lowest BCUT2D eigenvalue weighted by Crippen LogP contribution is -2.00. The van der Waals surface area contributed by atoms with Crippen LogP contribution in [-0.4, -0.2) is 33.7 Å². The number of hydrogen-bond donors (Lipinski definition) is 2. The highest BCUT2D eigenvalue weighted by Gasteiger charge is 1.98. The van der Waals surface area contributed by atoms with Crippen LogP contribution in [-0.2, 0) is 19.2 Å². The molecule has 0 atom stereocenters. The third kappa shape index (κ3) is 23.1. The molecule has 1 aromatic rings. The second kappa shape index (κ2) is 12.5. The first-order valence-electron chi connectivity index (χ1n) is 6.09. The molecule has 116 valence electrons. The standard InChI is InChI=1S/C7H8.2C4H6O3/c1-7-5-3-2-4-6-7;2*1-3(5)2-4(6)7/h2-6H,1H3;2*2H2,1H3,(H,6,7). The Kier molecular flexibility index (Phi) is 12.4.